The fraction of sp³-hybridized carbons (Fsp3) is 0.889. The molecular formula is C9H12O2. The Balaban J connectivity index is 1.78. The lowest BCUT2D eigenvalue weighted by Gasteiger charge is -2.26. The molecule has 0 aromatic heterocycles. The summed E-state index contributed by atoms with van der Waals surface area (Å²) in [6.07, 6.45) is 2.53. The van der Waals surface area contributed by atoms with Crippen LogP contribution in [-0.4, -0.2) is 13.1 Å². The van der Waals surface area contributed by atoms with Crippen LogP contribution in [0.5, 0.6) is 0 Å². The van der Waals surface area contributed by atoms with E-state index in [1.165, 1.54) is 13.5 Å². The normalized spacial score (nSPS) is 56.3. The van der Waals surface area contributed by atoms with Crippen molar-refractivity contribution in [1.29, 1.82) is 0 Å². The molecule has 0 saturated heterocycles. The molecule has 0 spiro atoms. The molecule has 3 aliphatic rings. The quantitative estimate of drug-likeness (QED) is 0.525. The Kier molecular flexibility index (Phi) is 0.890. The van der Waals surface area contributed by atoms with Gasteiger partial charge in [-0.2, -0.15) is 0 Å². The Morgan fingerprint density at radius 3 is 2.64 bits per heavy atom. The molecule has 5 atom stereocenters. The number of rotatable bonds is 1. The van der Waals surface area contributed by atoms with Gasteiger partial charge in [-0.3, -0.25) is 4.79 Å². The molecule has 3 fully saturated rings. The smallest absolute Gasteiger partial charge is 0.308 e. The SMILES string of the molecule is COC(=O)[C@@H]1C[C@@H]2C[C@H]3[C@H]2[C@H]31. The van der Waals surface area contributed by atoms with E-state index in [1.54, 1.807) is 0 Å². The van der Waals surface area contributed by atoms with Gasteiger partial charge in [-0.1, -0.05) is 0 Å². The lowest BCUT2D eigenvalue weighted by Crippen LogP contribution is -2.24. The molecule has 0 bridgehead atoms. The number of methoxy groups -OCH3 is 1. The number of fused-ring (bicyclic) bond motifs is 1. The first-order chi connectivity index (χ1) is 5.33. The zero-order chi connectivity index (χ0) is 7.59. The second-order valence-electron chi connectivity index (χ2n) is 4.18. The van der Waals surface area contributed by atoms with Crippen LogP contribution in [0.25, 0.3) is 0 Å². The number of esters is 1. The van der Waals surface area contributed by atoms with E-state index >= 15 is 0 Å². The van der Waals surface area contributed by atoms with Gasteiger partial charge in [0.2, 0.25) is 0 Å². The molecule has 0 unspecified atom stereocenters. The predicted molar refractivity (Wildman–Crippen MR) is 38.7 cm³/mol. The van der Waals surface area contributed by atoms with Gasteiger partial charge >= 0.3 is 5.97 Å². The third-order valence-corrected chi connectivity index (χ3v) is 3.94. The highest BCUT2D eigenvalue weighted by molar-refractivity contribution is 5.74. The van der Waals surface area contributed by atoms with E-state index in [-0.39, 0.29) is 11.9 Å². The van der Waals surface area contributed by atoms with Crippen molar-refractivity contribution in [2.45, 2.75) is 12.8 Å². The second kappa shape index (κ2) is 1.62. The molecule has 0 N–H and O–H groups in total. The van der Waals surface area contributed by atoms with Gasteiger partial charge in [0.15, 0.2) is 0 Å². The summed E-state index contributed by atoms with van der Waals surface area (Å²) in [6, 6.07) is 0. The van der Waals surface area contributed by atoms with E-state index in [4.69, 9.17) is 4.74 Å². The molecule has 11 heavy (non-hydrogen) atoms. The van der Waals surface area contributed by atoms with E-state index in [0.717, 1.165) is 30.1 Å². The van der Waals surface area contributed by atoms with Crippen LogP contribution in [0.15, 0.2) is 0 Å². The lowest BCUT2D eigenvalue weighted by atomic mass is 9.79. The lowest BCUT2D eigenvalue weighted by molar-refractivity contribution is -0.146. The zero-order valence-corrected chi connectivity index (χ0v) is 6.62. The molecular weight excluding hydrogens is 140 g/mol. The Morgan fingerprint density at radius 2 is 2.18 bits per heavy atom. The Bertz CT molecular complexity index is 224. The Labute approximate surface area is 65.9 Å². The van der Waals surface area contributed by atoms with Crippen LogP contribution in [0, 0.1) is 29.6 Å². The van der Waals surface area contributed by atoms with E-state index < -0.39 is 0 Å². The van der Waals surface area contributed by atoms with E-state index in [0.29, 0.717) is 0 Å². The average molecular weight is 152 g/mol. The van der Waals surface area contributed by atoms with Crippen molar-refractivity contribution >= 4 is 5.97 Å². The molecule has 3 saturated carbocycles. The van der Waals surface area contributed by atoms with Crippen molar-refractivity contribution in [2.24, 2.45) is 29.6 Å². The summed E-state index contributed by atoms with van der Waals surface area (Å²) in [5, 5.41) is 0. The maximum Gasteiger partial charge on any atom is 0.308 e. The first-order valence-electron chi connectivity index (χ1n) is 4.40. The van der Waals surface area contributed by atoms with Crippen LogP contribution >= 0.6 is 0 Å². The molecule has 0 aromatic carbocycles. The van der Waals surface area contributed by atoms with Crippen molar-refractivity contribution < 1.29 is 9.53 Å². The van der Waals surface area contributed by atoms with Crippen molar-refractivity contribution in [1.82, 2.24) is 0 Å². The van der Waals surface area contributed by atoms with Crippen LogP contribution in [-0.2, 0) is 9.53 Å². The molecule has 0 heterocycles. The summed E-state index contributed by atoms with van der Waals surface area (Å²) in [5.41, 5.74) is 0. The van der Waals surface area contributed by atoms with Crippen LogP contribution in [0.4, 0.5) is 0 Å². The van der Waals surface area contributed by atoms with E-state index in [1.807, 2.05) is 0 Å². The summed E-state index contributed by atoms with van der Waals surface area (Å²) in [4.78, 5) is 11.2. The molecule has 0 aliphatic heterocycles. The highest BCUT2D eigenvalue weighted by atomic mass is 16.5. The Hall–Kier alpha value is -0.530. The van der Waals surface area contributed by atoms with Gasteiger partial charge in [0, 0.05) is 0 Å². The number of carbonyl (C=O) groups excluding carboxylic acids is 1. The Morgan fingerprint density at radius 1 is 1.36 bits per heavy atom. The fourth-order valence-corrected chi connectivity index (χ4v) is 3.43. The highest BCUT2D eigenvalue weighted by Crippen LogP contribution is 2.75. The van der Waals surface area contributed by atoms with Gasteiger partial charge in [-0.05, 0) is 36.5 Å². The monoisotopic (exact) mass is 152 g/mol. The van der Waals surface area contributed by atoms with Gasteiger partial charge in [0.05, 0.1) is 13.0 Å². The molecule has 2 nitrogen and oxygen atoms in total. The summed E-state index contributed by atoms with van der Waals surface area (Å²) in [6.45, 7) is 0. The second-order valence-corrected chi connectivity index (χ2v) is 4.18. The minimum atomic E-state index is 0.0460. The van der Waals surface area contributed by atoms with Crippen molar-refractivity contribution in [2.75, 3.05) is 7.11 Å². The molecule has 0 aromatic rings. The summed E-state index contributed by atoms with van der Waals surface area (Å²) < 4.78 is 4.76. The zero-order valence-electron chi connectivity index (χ0n) is 6.62. The van der Waals surface area contributed by atoms with Gasteiger partial charge in [0.1, 0.15) is 0 Å². The number of carbonyl (C=O) groups is 1. The number of hydrogen-bond acceptors (Lipinski definition) is 2. The van der Waals surface area contributed by atoms with E-state index in [2.05, 4.69) is 0 Å². The number of ether oxygens (including phenoxy) is 1. The summed E-state index contributed by atoms with van der Waals surface area (Å²) in [7, 11) is 1.50. The molecule has 3 aliphatic carbocycles. The van der Waals surface area contributed by atoms with Crippen molar-refractivity contribution in [3.05, 3.63) is 0 Å². The molecule has 0 radical (unpaired) electrons. The van der Waals surface area contributed by atoms with Gasteiger partial charge in [-0.15, -0.1) is 0 Å². The first-order valence-corrected chi connectivity index (χ1v) is 4.40. The maximum atomic E-state index is 11.2. The summed E-state index contributed by atoms with van der Waals surface area (Å²) in [5.74, 6) is 3.84. The maximum absolute atomic E-state index is 11.2. The van der Waals surface area contributed by atoms with Gasteiger partial charge < -0.3 is 4.74 Å². The van der Waals surface area contributed by atoms with E-state index in [9.17, 15) is 4.79 Å². The van der Waals surface area contributed by atoms with Crippen LogP contribution in [0.1, 0.15) is 12.8 Å². The predicted octanol–water partition coefficient (Wildman–Crippen LogP) is 1.06. The first kappa shape index (κ1) is 6.04. The standard InChI is InChI=1S/C9H12O2/c1-11-9(10)6-3-4-2-5-7(4)8(5)6/h4-8H,2-3H2,1H3/t4-,5-,6+,7-,8+/m0/s1. The summed E-state index contributed by atoms with van der Waals surface area (Å²) >= 11 is 0. The van der Waals surface area contributed by atoms with Crippen LogP contribution in [0.2, 0.25) is 0 Å². The van der Waals surface area contributed by atoms with Crippen LogP contribution in [0.3, 0.4) is 0 Å². The van der Waals surface area contributed by atoms with Crippen LogP contribution < -0.4 is 0 Å². The molecule has 60 valence electrons. The number of hydrogen-bond donors (Lipinski definition) is 0. The average Bonchev–Trinajstić information content (AvgIpc) is 2.47. The minimum Gasteiger partial charge on any atom is -0.469 e. The molecule has 2 heteroatoms. The van der Waals surface area contributed by atoms with Gasteiger partial charge in [-0.25, -0.2) is 0 Å². The minimum absolute atomic E-state index is 0.0460. The third kappa shape index (κ3) is 0.534. The molecule has 0 amide bonds. The fourth-order valence-electron chi connectivity index (χ4n) is 3.43. The largest absolute Gasteiger partial charge is 0.469 e. The van der Waals surface area contributed by atoms with Gasteiger partial charge in [0.25, 0.3) is 0 Å². The topological polar surface area (TPSA) is 26.3 Å². The third-order valence-electron chi connectivity index (χ3n) is 3.94. The van der Waals surface area contributed by atoms with Crippen molar-refractivity contribution in [3.8, 4) is 0 Å². The highest BCUT2D eigenvalue weighted by Gasteiger charge is 2.71. The van der Waals surface area contributed by atoms with Crippen molar-refractivity contribution in [3.63, 3.8) is 0 Å². The molecule has 3 rings (SSSR count).